The van der Waals surface area contributed by atoms with Gasteiger partial charge in [0.05, 0.1) is 11.3 Å². The van der Waals surface area contributed by atoms with Crippen LogP contribution < -0.4 is 5.32 Å². The van der Waals surface area contributed by atoms with Crippen molar-refractivity contribution in [2.45, 2.75) is 0 Å². The fourth-order valence-corrected chi connectivity index (χ4v) is 2.14. The Balaban J connectivity index is 2.28. The molecule has 0 saturated heterocycles. The van der Waals surface area contributed by atoms with Gasteiger partial charge in [-0.1, -0.05) is 0 Å². The Morgan fingerprint density at radius 3 is 2.68 bits per heavy atom. The lowest BCUT2D eigenvalue weighted by Gasteiger charge is -2.06. The van der Waals surface area contributed by atoms with Crippen molar-refractivity contribution in [1.82, 2.24) is 0 Å². The Hall–Kier alpha value is -2.41. The topological polar surface area (TPSA) is 86.6 Å². The minimum Gasteiger partial charge on any atom is -0.507 e. The molecule has 1 heterocycles. The summed E-state index contributed by atoms with van der Waals surface area (Å²) < 4.78 is 13.0. The molecular weight excluding hydrogens is 273 g/mol. The second-order valence-electron chi connectivity index (χ2n) is 3.58. The van der Waals surface area contributed by atoms with Crippen LogP contribution in [0.4, 0.5) is 10.1 Å². The van der Waals surface area contributed by atoms with Crippen molar-refractivity contribution < 1.29 is 24.2 Å². The van der Waals surface area contributed by atoms with E-state index in [0.29, 0.717) is 0 Å². The third kappa shape index (κ3) is 2.71. The lowest BCUT2D eigenvalue weighted by Crippen LogP contribution is -2.13. The van der Waals surface area contributed by atoms with E-state index in [9.17, 15) is 19.1 Å². The lowest BCUT2D eigenvalue weighted by molar-refractivity contribution is 0.0703. The number of carboxylic acids is 1. The van der Waals surface area contributed by atoms with Crippen LogP contribution in [0.1, 0.15) is 20.0 Å². The summed E-state index contributed by atoms with van der Waals surface area (Å²) in [6.07, 6.45) is 0. The molecule has 0 saturated carbocycles. The number of carbonyl (C=O) groups excluding carboxylic acids is 1. The van der Waals surface area contributed by atoms with Crippen molar-refractivity contribution in [2.75, 3.05) is 5.32 Å². The van der Waals surface area contributed by atoms with Crippen molar-refractivity contribution in [2.24, 2.45) is 0 Å². The molecule has 0 atom stereocenters. The minimum absolute atomic E-state index is 0.0377. The Morgan fingerprint density at radius 1 is 1.26 bits per heavy atom. The molecule has 0 bridgehead atoms. The van der Waals surface area contributed by atoms with Gasteiger partial charge in [0.25, 0.3) is 5.91 Å². The molecule has 2 aromatic rings. The number of rotatable bonds is 3. The first kappa shape index (κ1) is 13.0. The molecule has 1 aromatic heterocycles. The van der Waals surface area contributed by atoms with E-state index in [1.807, 2.05) is 0 Å². The maximum Gasteiger partial charge on any atom is 0.348 e. The normalized spacial score (nSPS) is 10.2. The number of hydrogen-bond donors (Lipinski definition) is 3. The fraction of sp³-hybridized carbons (Fsp3) is 0. The predicted molar refractivity (Wildman–Crippen MR) is 67.3 cm³/mol. The smallest absolute Gasteiger partial charge is 0.348 e. The first-order valence-corrected chi connectivity index (χ1v) is 5.97. The number of aromatic hydroxyl groups is 1. The van der Waals surface area contributed by atoms with Crippen LogP contribution in [0.5, 0.6) is 5.75 Å². The van der Waals surface area contributed by atoms with E-state index in [4.69, 9.17) is 5.11 Å². The van der Waals surface area contributed by atoms with Crippen molar-refractivity contribution in [3.63, 3.8) is 0 Å². The summed E-state index contributed by atoms with van der Waals surface area (Å²) in [7, 11) is 0. The predicted octanol–water partition coefficient (Wildman–Crippen LogP) is 2.54. The molecule has 1 amide bonds. The van der Waals surface area contributed by atoms with Crippen LogP contribution >= 0.6 is 11.3 Å². The number of carboxylic acid groups (broad SMARTS) is 1. The summed E-state index contributed by atoms with van der Waals surface area (Å²) in [5.41, 5.74) is -0.159. The molecule has 7 heteroatoms. The number of aromatic carboxylic acids is 1. The van der Waals surface area contributed by atoms with Crippen molar-refractivity contribution >= 4 is 28.9 Å². The van der Waals surface area contributed by atoms with Crippen LogP contribution in [0, 0.1) is 5.82 Å². The number of benzene rings is 1. The van der Waals surface area contributed by atoms with Crippen LogP contribution in [0.25, 0.3) is 0 Å². The fourth-order valence-electron chi connectivity index (χ4n) is 1.45. The molecular formula is C12H8FNO4S. The second-order valence-corrected chi connectivity index (χ2v) is 4.50. The van der Waals surface area contributed by atoms with E-state index in [-0.39, 0.29) is 21.9 Å². The maximum atomic E-state index is 13.0. The van der Waals surface area contributed by atoms with Gasteiger partial charge in [-0.2, -0.15) is 0 Å². The van der Waals surface area contributed by atoms with Crippen molar-refractivity contribution in [1.29, 1.82) is 0 Å². The summed E-state index contributed by atoms with van der Waals surface area (Å²) in [5.74, 6) is -3.01. The van der Waals surface area contributed by atoms with E-state index in [1.165, 1.54) is 11.4 Å². The quantitative estimate of drug-likeness (QED) is 0.807. The highest BCUT2D eigenvalue weighted by atomic mass is 32.1. The van der Waals surface area contributed by atoms with E-state index >= 15 is 0 Å². The first-order chi connectivity index (χ1) is 8.99. The summed E-state index contributed by atoms with van der Waals surface area (Å²) in [6, 6.07) is 4.36. The highest BCUT2D eigenvalue weighted by molar-refractivity contribution is 7.12. The summed E-state index contributed by atoms with van der Waals surface area (Å²) >= 11 is 0.951. The van der Waals surface area contributed by atoms with Crippen LogP contribution in [0.3, 0.4) is 0 Å². The van der Waals surface area contributed by atoms with Gasteiger partial charge in [-0.05, 0) is 29.6 Å². The molecule has 0 radical (unpaired) electrons. The zero-order valence-corrected chi connectivity index (χ0v) is 10.2. The highest BCUT2D eigenvalue weighted by Crippen LogP contribution is 2.24. The molecule has 0 aliphatic rings. The van der Waals surface area contributed by atoms with E-state index in [1.54, 1.807) is 0 Å². The van der Waals surface area contributed by atoms with Crippen molar-refractivity contribution in [3.05, 3.63) is 45.9 Å². The number of anilines is 1. The molecule has 1 aromatic carbocycles. The number of nitrogens with one attached hydrogen (secondary N) is 1. The average molecular weight is 281 g/mol. The van der Waals surface area contributed by atoms with Gasteiger partial charge >= 0.3 is 5.97 Å². The standard InChI is InChI=1S/C12H8FNO4S/c13-6-1-2-9(15)7(5-6)11(16)14-8-3-4-19-10(8)12(17)18/h1-5,15H,(H,14,16)(H,17,18). The van der Waals surface area contributed by atoms with Crippen LogP contribution in [0.15, 0.2) is 29.6 Å². The number of amides is 1. The van der Waals surface area contributed by atoms with Gasteiger partial charge in [0.1, 0.15) is 16.4 Å². The number of phenols is 1. The number of halogens is 1. The molecule has 0 aliphatic heterocycles. The van der Waals surface area contributed by atoms with Gasteiger partial charge in [-0.15, -0.1) is 11.3 Å². The van der Waals surface area contributed by atoms with Gasteiger partial charge in [-0.3, -0.25) is 4.79 Å². The van der Waals surface area contributed by atoms with E-state index < -0.39 is 17.7 Å². The lowest BCUT2D eigenvalue weighted by atomic mass is 10.2. The van der Waals surface area contributed by atoms with Crippen LogP contribution in [-0.2, 0) is 0 Å². The third-order valence-corrected chi connectivity index (χ3v) is 3.21. The first-order valence-electron chi connectivity index (χ1n) is 5.09. The summed E-state index contributed by atoms with van der Waals surface area (Å²) in [6.45, 7) is 0. The number of phenolic OH excluding ortho intramolecular Hbond substituents is 1. The maximum absolute atomic E-state index is 13.0. The molecule has 3 N–H and O–H groups in total. The van der Waals surface area contributed by atoms with Crippen LogP contribution in [-0.4, -0.2) is 22.1 Å². The molecule has 5 nitrogen and oxygen atoms in total. The Labute approximate surface area is 110 Å². The van der Waals surface area contributed by atoms with Gasteiger partial charge in [-0.25, -0.2) is 9.18 Å². The SMILES string of the molecule is O=C(Nc1ccsc1C(=O)O)c1cc(F)ccc1O. The highest BCUT2D eigenvalue weighted by Gasteiger charge is 2.17. The number of thiophene rings is 1. The zero-order valence-electron chi connectivity index (χ0n) is 9.38. The summed E-state index contributed by atoms with van der Waals surface area (Å²) in [5, 5.41) is 22.2. The number of carbonyl (C=O) groups is 2. The molecule has 2 rings (SSSR count). The van der Waals surface area contributed by atoms with Gasteiger partial charge in [0, 0.05) is 0 Å². The minimum atomic E-state index is -1.17. The molecule has 0 spiro atoms. The third-order valence-electron chi connectivity index (χ3n) is 2.31. The molecule has 0 aliphatic carbocycles. The molecule has 98 valence electrons. The Morgan fingerprint density at radius 2 is 2.00 bits per heavy atom. The average Bonchev–Trinajstić information content (AvgIpc) is 2.80. The summed E-state index contributed by atoms with van der Waals surface area (Å²) in [4.78, 5) is 22.7. The molecule has 0 fully saturated rings. The van der Waals surface area contributed by atoms with Gasteiger partial charge < -0.3 is 15.5 Å². The Kier molecular flexibility index (Phi) is 3.48. The van der Waals surface area contributed by atoms with Gasteiger partial charge in [0.2, 0.25) is 0 Å². The molecule has 0 unspecified atom stereocenters. The zero-order chi connectivity index (χ0) is 14.0. The van der Waals surface area contributed by atoms with Gasteiger partial charge in [0.15, 0.2) is 0 Å². The van der Waals surface area contributed by atoms with Crippen LogP contribution in [0.2, 0.25) is 0 Å². The van der Waals surface area contributed by atoms with E-state index in [2.05, 4.69) is 5.32 Å². The largest absolute Gasteiger partial charge is 0.507 e. The number of hydrogen-bond acceptors (Lipinski definition) is 4. The van der Waals surface area contributed by atoms with Crippen molar-refractivity contribution in [3.8, 4) is 5.75 Å². The van der Waals surface area contributed by atoms with E-state index in [0.717, 1.165) is 29.5 Å². The Bertz CT molecular complexity index is 653. The second kappa shape index (κ2) is 5.07. The monoisotopic (exact) mass is 281 g/mol. The molecule has 19 heavy (non-hydrogen) atoms.